The Morgan fingerprint density at radius 3 is 2.11 bits per heavy atom. The van der Waals surface area contributed by atoms with Crippen LogP contribution in [0.15, 0.2) is 87.9 Å². The van der Waals surface area contributed by atoms with Gasteiger partial charge in [-0.25, -0.2) is 8.42 Å². The third-order valence-electron chi connectivity index (χ3n) is 3.51. The van der Waals surface area contributed by atoms with E-state index in [2.05, 4.69) is 15.0 Å². The van der Waals surface area contributed by atoms with Crippen LogP contribution >= 0.6 is 11.6 Å². The Morgan fingerprint density at radius 1 is 0.889 bits per heavy atom. The van der Waals surface area contributed by atoms with Gasteiger partial charge >= 0.3 is 0 Å². The number of hydrogen-bond acceptors (Lipinski definition) is 5. The molecule has 1 N–H and O–H groups in total. The van der Waals surface area contributed by atoms with Crippen molar-refractivity contribution in [2.24, 2.45) is 10.2 Å². The van der Waals surface area contributed by atoms with Gasteiger partial charge in [-0.05, 0) is 54.6 Å². The smallest absolute Gasteiger partial charge is 0.263 e. The molecule has 0 atom stereocenters. The molecule has 0 amide bonds. The lowest BCUT2D eigenvalue weighted by molar-refractivity contribution is 0.601. The number of nitriles is 1. The van der Waals surface area contributed by atoms with E-state index in [1.165, 1.54) is 18.2 Å². The minimum atomic E-state index is -3.88. The summed E-state index contributed by atoms with van der Waals surface area (Å²) < 4.78 is 27.4. The van der Waals surface area contributed by atoms with E-state index in [9.17, 15) is 8.42 Å². The summed E-state index contributed by atoms with van der Waals surface area (Å²) in [6.45, 7) is 0. The fraction of sp³-hybridized carbons (Fsp3) is 0. The first kappa shape index (κ1) is 18.6. The normalized spacial score (nSPS) is 11.3. The Morgan fingerprint density at radius 2 is 1.52 bits per heavy atom. The van der Waals surface area contributed by atoms with Crippen molar-refractivity contribution in [2.45, 2.75) is 4.90 Å². The lowest BCUT2D eigenvalue weighted by Gasteiger charge is -2.09. The van der Waals surface area contributed by atoms with E-state index < -0.39 is 10.0 Å². The molecule has 0 radical (unpaired) electrons. The molecule has 0 saturated heterocycles. The van der Waals surface area contributed by atoms with Crippen LogP contribution in [0.3, 0.4) is 0 Å². The molecule has 134 valence electrons. The van der Waals surface area contributed by atoms with Gasteiger partial charge in [-0.1, -0.05) is 29.8 Å². The minimum Gasteiger partial charge on any atom is -0.280 e. The van der Waals surface area contributed by atoms with Crippen molar-refractivity contribution in [1.29, 1.82) is 5.26 Å². The number of sulfonamides is 1. The number of hydrogen-bond donors (Lipinski definition) is 1. The van der Waals surface area contributed by atoms with E-state index in [1.807, 2.05) is 36.4 Å². The third-order valence-corrected chi connectivity index (χ3v) is 5.37. The van der Waals surface area contributed by atoms with Gasteiger partial charge in [-0.2, -0.15) is 15.5 Å². The van der Waals surface area contributed by atoms with E-state index in [0.29, 0.717) is 11.4 Å². The average molecular weight is 397 g/mol. The Bertz CT molecular complexity index is 1120. The van der Waals surface area contributed by atoms with Crippen LogP contribution in [0.2, 0.25) is 5.02 Å². The molecule has 0 heterocycles. The summed E-state index contributed by atoms with van der Waals surface area (Å²) >= 11 is 5.99. The van der Waals surface area contributed by atoms with Crippen LogP contribution in [-0.2, 0) is 10.0 Å². The maximum atomic E-state index is 12.5. The third kappa shape index (κ3) is 4.70. The number of anilines is 1. The highest BCUT2D eigenvalue weighted by Gasteiger charge is 2.18. The van der Waals surface area contributed by atoms with Crippen LogP contribution < -0.4 is 4.72 Å². The SMILES string of the molecule is N#Cc1ccc(S(=O)(=O)Nc2ccc(N=Nc3ccccc3)cc2)c(Cl)c1. The molecule has 3 aromatic carbocycles. The fourth-order valence-corrected chi connectivity index (χ4v) is 3.81. The summed E-state index contributed by atoms with van der Waals surface area (Å²) in [6, 6.07) is 21.6. The Balaban J connectivity index is 1.76. The summed E-state index contributed by atoms with van der Waals surface area (Å²) in [5, 5.41) is 17.0. The van der Waals surface area contributed by atoms with Crippen molar-refractivity contribution >= 4 is 38.7 Å². The second-order valence-electron chi connectivity index (χ2n) is 5.44. The molecule has 0 saturated carbocycles. The average Bonchev–Trinajstić information content (AvgIpc) is 2.67. The molecule has 3 aromatic rings. The van der Waals surface area contributed by atoms with Crippen LogP contribution in [0.4, 0.5) is 17.1 Å². The predicted octanol–water partition coefficient (Wildman–Crippen LogP) is 5.43. The summed E-state index contributed by atoms with van der Waals surface area (Å²) in [6.07, 6.45) is 0. The van der Waals surface area contributed by atoms with Gasteiger partial charge in [0.15, 0.2) is 0 Å². The number of benzene rings is 3. The molecular formula is C19H13ClN4O2S. The van der Waals surface area contributed by atoms with Crippen LogP contribution in [0.5, 0.6) is 0 Å². The topological polar surface area (TPSA) is 94.7 Å². The number of nitrogens with one attached hydrogen (secondary N) is 1. The molecule has 0 spiro atoms. The lowest BCUT2D eigenvalue weighted by Crippen LogP contribution is -2.13. The molecule has 0 aromatic heterocycles. The first-order chi connectivity index (χ1) is 13.0. The van der Waals surface area contributed by atoms with Crippen LogP contribution in [0.25, 0.3) is 0 Å². The highest BCUT2D eigenvalue weighted by atomic mass is 35.5. The largest absolute Gasteiger partial charge is 0.280 e. The highest BCUT2D eigenvalue weighted by Crippen LogP contribution is 2.26. The molecule has 3 rings (SSSR count). The van der Waals surface area contributed by atoms with Gasteiger partial charge in [-0.15, -0.1) is 0 Å². The molecule has 0 aliphatic heterocycles. The van der Waals surface area contributed by atoms with E-state index in [4.69, 9.17) is 16.9 Å². The molecule has 8 heteroatoms. The van der Waals surface area contributed by atoms with Crippen molar-refractivity contribution < 1.29 is 8.42 Å². The maximum absolute atomic E-state index is 12.5. The first-order valence-corrected chi connectivity index (χ1v) is 9.63. The van der Waals surface area contributed by atoms with Gasteiger partial charge in [0.2, 0.25) is 0 Å². The molecular weight excluding hydrogens is 384 g/mol. The summed E-state index contributed by atoms with van der Waals surface area (Å²) in [4.78, 5) is -0.101. The second kappa shape index (κ2) is 7.99. The van der Waals surface area contributed by atoms with E-state index in [-0.39, 0.29) is 15.5 Å². The molecule has 27 heavy (non-hydrogen) atoms. The Labute approximate surface area is 161 Å². The number of halogens is 1. The van der Waals surface area contributed by atoms with Crippen LogP contribution in [-0.4, -0.2) is 8.42 Å². The van der Waals surface area contributed by atoms with Gasteiger partial charge in [0.25, 0.3) is 10.0 Å². The van der Waals surface area contributed by atoms with Crippen molar-refractivity contribution in [3.63, 3.8) is 0 Å². The Hall–Kier alpha value is -3.21. The standard InChI is InChI=1S/C19H13ClN4O2S/c20-18-12-14(13-21)6-11-19(18)27(25,26)24-17-9-7-16(8-10-17)23-22-15-4-2-1-3-5-15/h1-12,24H. The number of nitrogens with zero attached hydrogens (tertiary/aromatic N) is 3. The molecule has 0 aliphatic rings. The molecule has 0 bridgehead atoms. The predicted molar refractivity (Wildman–Crippen MR) is 104 cm³/mol. The van der Waals surface area contributed by atoms with Crippen molar-refractivity contribution in [1.82, 2.24) is 0 Å². The first-order valence-electron chi connectivity index (χ1n) is 7.77. The van der Waals surface area contributed by atoms with E-state index in [0.717, 1.165) is 5.69 Å². The maximum Gasteiger partial charge on any atom is 0.263 e. The van der Waals surface area contributed by atoms with E-state index >= 15 is 0 Å². The highest BCUT2D eigenvalue weighted by molar-refractivity contribution is 7.92. The fourth-order valence-electron chi connectivity index (χ4n) is 2.20. The zero-order valence-corrected chi connectivity index (χ0v) is 15.4. The molecule has 0 aliphatic carbocycles. The summed E-state index contributed by atoms with van der Waals surface area (Å²) in [7, 11) is -3.88. The quantitative estimate of drug-likeness (QED) is 0.582. The van der Waals surface area contributed by atoms with Gasteiger partial charge < -0.3 is 0 Å². The molecule has 6 nitrogen and oxygen atoms in total. The van der Waals surface area contributed by atoms with Crippen molar-refractivity contribution in [3.8, 4) is 6.07 Å². The zero-order valence-electron chi connectivity index (χ0n) is 13.9. The number of rotatable bonds is 5. The number of azo groups is 1. The molecule has 0 fully saturated rings. The van der Waals surface area contributed by atoms with Gasteiger partial charge in [0.05, 0.1) is 28.0 Å². The van der Waals surface area contributed by atoms with Gasteiger partial charge in [-0.3, -0.25) is 4.72 Å². The minimum absolute atomic E-state index is 0.0187. The van der Waals surface area contributed by atoms with Gasteiger partial charge in [0.1, 0.15) is 4.90 Å². The summed E-state index contributed by atoms with van der Waals surface area (Å²) in [5.41, 5.74) is 1.94. The van der Waals surface area contributed by atoms with E-state index in [1.54, 1.807) is 24.3 Å². The molecule has 0 unspecified atom stereocenters. The summed E-state index contributed by atoms with van der Waals surface area (Å²) in [5.74, 6) is 0. The van der Waals surface area contributed by atoms with Crippen molar-refractivity contribution in [3.05, 3.63) is 83.4 Å². The zero-order chi connectivity index (χ0) is 19.3. The van der Waals surface area contributed by atoms with Crippen molar-refractivity contribution in [2.75, 3.05) is 4.72 Å². The van der Waals surface area contributed by atoms with Crippen LogP contribution in [0.1, 0.15) is 5.56 Å². The Kier molecular flexibility index (Phi) is 5.50. The lowest BCUT2D eigenvalue weighted by atomic mass is 10.2. The monoisotopic (exact) mass is 396 g/mol. The van der Waals surface area contributed by atoms with Gasteiger partial charge in [0, 0.05) is 5.69 Å². The van der Waals surface area contributed by atoms with Crippen LogP contribution in [0, 0.1) is 11.3 Å². The second-order valence-corrected chi connectivity index (χ2v) is 7.50.